The summed E-state index contributed by atoms with van der Waals surface area (Å²) in [5, 5.41) is 11.9. The van der Waals surface area contributed by atoms with Crippen molar-refractivity contribution in [2.75, 3.05) is 18.2 Å². The van der Waals surface area contributed by atoms with E-state index < -0.39 is 0 Å². The number of rotatable bonds is 4. The van der Waals surface area contributed by atoms with Gasteiger partial charge in [0.25, 0.3) is 0 Å². The van der Waals surface area contributed by atoms with Crippen LogP contribution in [0.4, 0.5) is 21.5 Å². The van der Waals surface area contributed by atoms with Crippen LogP contribution in [0.25, 0.3) is 0 Å². The topological polar surface area (TPSA) is 71.1 Å². The number of nitrogens with one attached hydrogen (secondary N) is 1. The Morgan fingerprint density at radius 2 is 2.10 bits per heavy atom. The molecule has 4 nitrogen and oxygen atoms in total. The van der Waals surface area contributed by atoms with Crippen molar-refractivity contribution in [2.45, 2.75) is 6.42 Å². The van der Waals surface area contributed by atoms with Gasteiger partial charge in [-0.2, -0.15) is 5.26 Å². The fraction of sp³-hybridized carbons (Fsp3) is 0.133. The van der Waals surface area contributed by atoms with E-state index in [1.807, 2.05) is 0 Å². The zero-order valence-electron chi connectivity index (χ0n) is 11.0. The largest absolute Gasteiger partial charge is 0.494 e. The van der Waals surface area contributed by atoms with Crippen LogP contribution in [-0.4, -0.2) is 7.11 Å². The molecule has 0 atom stereocenters. The molecule has 0 aliphatic heterocycles. The van der Waals surface area contributed by atoms with Crippen molar-refractivity contribution < 1.29 is 9.13 Å². The minimum atomic E-state index is -0.366. The number of hydrogen-bond donors (Lipinski definition) is 2. The molecule has 0 amide bonds. The van der Waals surface area contributed by atoms with Crippen LogP contribution in [0.5, 0.6) is 5.75 Å². The highest BCUT2D eigenvalue weighted by Gasteiger charge is 2.06. The van der Waals surface area contributed by atoms with E-state index in [-0.39, 0.29) is 12.2 Å². The van der Waals surface area contributed by atoms with Gasteiger partial charge in [-0.25, -0.2) is 4.39 Å². The second-order valence-corrected chi connectivity index (χ2v) is 4.22. The van der Waals surface area contributed by atoms with Gasteiger partial charge in [0, 0.05) is 17.4 Å². The summed E-state index contributed by atoms with van der Waals surface area (Å²) in [5.41, 5.74) is 8.51. The molecule has 0 aliphatic carbocycles. The molecule has 5 heteroatoms. The molecule has 0 saturated heterocycles. The van der Waals surface area contributed by atoms with Crippen LogP contribution in [0.3, 0.4) is 0 Å². The Morgan fingerprint density at radius 1 is 1.30 bits per heavy atom. The number of anilines is 3. The number of methoxy groups -OCH3 is 1. The number of halogens is 1. The molecule has 0 unspecified atom stereocenters. The van der Waals surface area contributed by atoms with Crippen molar-refractivity contribution in [3.63, 3.8) is 0 Å². The van der Waals surface area contributed by atoms with Gasteiger partial charge >= 0.3 is 0 Å². The fourth-order valence-corrected chi connectivity index (χ4v) is 1.85. The molecule has 0 heterocycles. The van der Waals surface area contributed by atoms with Crippen molar-refractivity contribution in [3.05, 3.63) is 47.8 Å². The van der Waals surface area contributed by atoms with Crippen LogP contribution in [-0.2, 0) is 6.42 Å². The van der Waals surface area contributed by atoms with Crippen LogP contribution in [0.1, 0.15) is 5.56 Å². The monoisotopic (exact) mass is 271 g/mol. The number of nitrogens with two attached hydrogens (primary N) is 1. The maximum Gasteiger partial charge on any atom is 0.145 e. The fourth-order valence-electron chi connectivity index (χ4n) is 1.85. The molecule has 0 aromatic heterocycles. The number of hydrogen-bond acceptors (Lipinski definition) is 4. The molecule has 0 spiro atoms. The van der Waals surface area contributed by atoms with E-state index in [1.165, 1.54) is 19.2 Å². The molecular formula is C15H14FN3O. The molecule has 2 aromatic rings. The van der Waals surface area contributed by atoms with E-state index in [9.17, 15) is 4.39 Å². The number of nitriles is 1. The molecule has 0 aliphatic rings. The van der Waals surface area contributed by atoms with Gasteiger partial charge in [0.05, 0.1) is 25.3 Å². The van der Waals surface area contributed by atoms with E-state index in [0.29, 0.717) is 17.1 Å². The molecule has 0 fully saturated rings. The van der Waals surface area contributed by atoms with Gasteiger partial charge in [0.1, 0.15) is 11.6 Å². The zero-order valence-corrected chi connectivity index (χ0v) is 11.0. The lowest BCUT2D eigenvalue weighted by Gasteiger charge is -2.12. The lowest BCUT2D eigenvalue weighted by molar-refractivity contribution is 0.413. The van der Waals surface area contributed by atoms with Crippen LogP contribution in [0.2, 0.25) is 0 Å². The Bertz CT molecular complexity index is 665. The molecule has 3 N–H and O–H groups in total. The third kappa shape index (κ3) is 2.98. The van der Waals surface area contributed by atoms with Gasteiger partial charge in [-0.1, -0.05) is 0 Å². The third-order valence-corrected chi connectivity index (χ3v) is 2.86. The highest BCUT2D eigenvalue weighted by Crippen LogP contribution is 2.29. The van der Waals surface area contributed by atoms with Crippen molar-refractivity contribution in [1.29, 1.82) is 5.26 Å². The lowest BCUT2D eigenvalue weighted by atomic mass is 10.1. The maximum absolute atomic E-state index is 13.1. The lowest BCUT2D eigenvalue weighted by Crippen LogP contribution is -1.98. The van der Waals surface area contributed by atoms with Gasteiger partial charge in [-0.05, 0) is 35.9 Å². The van der Waals surface area contributed by atoms with Crippen LogP contribution in [0.15, 0.2) is 36.4 Å². The van der Waals surface area contributed by atoms with Crippen molar-refractivity contribution in [1.82, 2.24) is 0 Å². The standard InChI is InChI=1S/C15H14FN3O/c1-20-15-9-11(16)2-5-14(15)19-12-3-4-13(18)10(8-12)6-7-17/h2-5,8-9,19H,6,18H2,1H3. The Kier molecular flexibility index (Phi) is 4.06. The summed E-state index contributed by atoms with van der Waals surface area (Å²) in [6.07, 6.45) is 0.238. The molecule has 0 bridgehead atoms. The average Bonchev–Trinajstić information content (AvgIpc) is 2.44. The van der Waals surface area contributed by atoms with Gasteiger partial charge in [0.2, 0.25) is 0 Å². The highest BCUT2D eigenvalue weighted by atomic mass is 19.1. The zero-order chi connectivity index (χ0) is 14.5. The molecule has 20 heavy (non-hydrogen) atoms. The van der Waals surface area contributed by atoms with Crippen LogP contribution in [0, 0.1) is 17.1 Å². The Hall–Kier alpha value is -2.74. The molecule has 2 rings (SSSR count). The number of benzene rings is 2. The first-order chi connectivity index (χ1) is 9.63. The SMILES string of the molecule is COc1cc(F)ccc1Nc1ccc(N)c(CC#N)c1. The quantitative estimate of drug-likeness (QED) is 0.837. The average molecular weight is 271 g/mol. The minimum Gasteiger partial charge on any atom is -0.494 e. The predicted octanol–water partition coefficient (Wildman–Crippen LogP) is 3.23. The predicted molar refractivity (Wildman–Crippen MR) is 76.4 cm³/mol. The minimum absolute atomic E-state index is 0.238. The Labute approximate surface area is 116 Å². The van der Waals surface area contributed by atoms with E-state index >= 15 is 0 Å². The summed E-state index contributed by atoms with van der Waals surface area (Å²) >= 11 is 0. The first-order valence-corrected chi connectivity index (χ1v) is 6.00. The summed E-state index contributed by atoms with van der Waals surface area (Å²) in [7, 11) is 1.48. The number of nitrogens with zero attached hydrogens (tertiary/aromatic N) is 1. The highest BCUT2D eigenvalue weighted by molar-refractivity contribution is 5.69. The van der Waals surface area contributed by atoms with Crippen molar-refractivity contribution >= 4 is 17.1 Å². The number of nitrogen functional groups attached to an aromatic ring is 1. The van der Waals surface area contributed by atoms with Gasteiger partial charge in [-0.15, -0.1) is 0 Å². The second-order valence-electron chi connectivity index (χ2n) is 4.22. The number of ether oxygens (including phenoxy) is 1. The molecule has 2 aromatic carbocycles. The maximum atomic E-state index is 13.1. The van der Waals surface area contributed by atoms with Gasteiger partial charge in [0.15, 0.2) is 0 Å². The van der Waals surface area contributed by atoms with Crippen LogP contribution < -0.4 is 15.8 Å². The van der Waals surface area contributed by atoms with E-state index in [0.717, 1.165) is 11.3 Å². The second kappa shape index (κ2) is 5.93. The summed E-state index contributed by atoms with van der Waals surface area (Å²) in [5.74, 6) is 0.0403. The molecule has 0 saturated carbocycles. The van der Waals surface area contributed by atoms with E-state index in [1.54, 1.807) is 24.3 Å². The summed E-state index contributed by atoms with van der Waals surface area (Å²) in [6, 6.07) is 11.6. The van der Waals surface area contributed by atoms with Crippen molar-refractivity contribution in [2.24, 2.45) is 0 Å². The smallest absolute Gasteiger partial charge is 0.145 e. The molecular weight excluding hydrogens is 257 g/mol. The van der Waals surface area contributed by atoms with Crippen molar-refractivity contribution in [3.8, 4) is 11.8 Å². The van der Waals surface area contributed by atoms with E-state index in [2.05, 4.69) is 11.4 Å². The van der Waals surface area contributed by atoms with E-state index in [4.69, 9.17) is 15.7 Å². The van der Waals surface area contributed by atoms with Crippen LogP contribution >= 0.6 is 0 Å². The molecule has 0 radical (unpaired) electrons. The first kappa shape index (κ1) is 13.7. The molecule has 102 valence electrons. The Balaban J connectivity index is 2.31. The summed E-state index contributed by atoms with van der Waals surface area (Å²) in [6.45, 7) is 0. The van der Waals surface area contributed by atoms with Gasteiger partial charge < -0.3 is 15.8 Å². The normalized spacial score (nSPS) is 9.85. The van der Waals surface area contributed by atoms with Gasteiger partial charge in [-0.3, -0.25) is 0 Å². The third-order valence-electron chi connectivity index (χ3n) is 2.86. The Morgan fingerprint density at radius 3 is 2.80 bits per heavy atom. The summed E-state index contributed by atoms with van der Waals surface area (Å²) < 4.78 is 18.3. The first-order valence-electron chi connectivity index (χ1n) is 6.00. The summed E-state index contributed by atoms with van der Waals surface area (Å²) in [4.78, 5) is 0.